The number of nitrogens with one attached hydrogen (secondary N) is 3. The molecule has 13 heteroatoms. The minimum absolute atomic E-state index is 0.0106. The molecule has 3 atom stereocenters. The highest BCUT2D eigenvalue weighted by Gasteiger charge is 2.39. The van der Waals surface area contributed by atoms with Gasteiger partial charge in [0.1, 0.15) is 6.04 Å². The number of hydrogen-bond donors (Lipinski definition) is 4. The Kier molecular flexibility index (Phi) is 7.56. The largest absolute Gasteiger partial charge is 0.349 e. The van der Waals surface area contributed by atoms with Gasteiger partial charge in [0.2, 0.25) is 5.91 Å². The number of hydrazone groups is 1. The van der Waals surface area contributed by atoms with Gasteiger partial charge in [-0.3, -0.25) is 24.6 Å². The van der Waals surface area contributed by atoms with Crippen molar-refractivity contribution in [1.82, 2.24) is 15.7 Å². The Morgan fingerprint density at radius 2 is 1.97 bits per heavy atom. The van der Waals surface area contributed by atoms with Gasteiger partial charge in [-0.15, -0.1) is 0 Å². The van der Waals surface area contributed by atoms with Gasteiger partial charge < -0.3 is 10.6 Å². The first-order valence-corrected chi connectivity index (χ1v) is 13.5. The third kappa shape index (κ3) is 5.80. The minimum atomic E-state index is -4.69. The zero-order valence-corrected chi connectivity index (χ0v) is 21.8. The fourth-order valence-electron chi connectivity index (χ4n) is 4.14. The lowest BCUT2D eigenvalue weighted by molar-refractivity contribution is -0.117. The van der Waals surface area contributed by atoms with E-state index in [4.69, 9.17) is 23.2 Å². The highest BCUT2D eigenvalue weighted by Crippen LogP contribution is 2.34. The predicted molar refractivity (Wildman–Crippen MR) is 137 cm³/mol. The number of aromatic nitrogens is 1. The summed E-state index contributed by atoms with van der Waals surface area (Å²) in [6, 6.07) is 5.09. The van der Waals surface area contributed by atoms with E-state index in [1.165, 1.54) is 24.4 Å². The summed E-state index contributed by atoms with van der Waals surface area (Å²) in [5.74, 6) is -0.471. The van der Waals surface area contributed by atoms with Crippen molar-refractivity contribution < 1.29 is 22.6 Å². The number of pyridine rings is 1. The summed E-state index contributed by atoms with van der Waals surface area (Å²) in [5, 5.41) is 8.44. The van der Waals surface area contributed by atoms with Gasteiger partial charge in [-0.2, -0.15) is 13.5 Å². The van der Waals surface area contributed by atoms with Gasteiger partial charge in [0.15, 0.2) is 5.25 Å². The second-order valence-electron chi connectivity index (χ2n) is 8.99. The van der Waals surface area contributed by atoms with Crippen LogP contribution < -0.4 is 16.1 Å². The molecular weight excluding hydrogens is 529 g/mol. The van der Waals surface area contributed by atoms with Crippen molar-refractivity contribution >= 4 is 56.5 Å². The summed E-state index contributed by atoms with van der Waals surface area (Å²) >= 11 is 12.3. The van der Waals surface area contributed by atoms with Crippen LogP contribution in [-0.2, 0) is 14.9 Å². The second kappa shape index (κ2) is 10.3. The Morgan fingerprint density at radius 1 is 1.25 bits per heavy atom. The van der Waals surface area contributed by atoms with Gasteiger partial charge in [0, 0.05) is 23.7 Å². The highest BCUT2D eigenvalue weighted by atomic mass is 35.5. The van der Waals surface area contributed by atoms with Gasteiger partial charge in [-0.25, -0.2) is 0 Å². The van der Waals surface area contributed by atoms with Gasteiger partial charge >= 0.3 is 0 Å². The number of benzene rings is 1. The summed E-state index contributed by atoms with van der Waals surface area (Å²) in [6.45, 7) is 3.65. The van der Waals surface area contributed by atoms with Crippen molar-refractivity contribution in [3.63, 3.8) is 0 Å². The molecule has 1 aliphatic heterocycles. The Hall–Kier alpha value is -2.73. The quantitative estimate of drug-likeness (QED) is 0.365. The Morgan fingerprint density at radius 3 is 2.61 bits per heavy atom. The molecule has 1 aromatic heterocycles. The Labute approximate surface area is 218 Å². The van der Waals surface area contributed by atoms with Crippen molar-refractivity contribution in [3.8, 4) is 0 Å². The Bertz CT molecular complexity index is 1350. The summed E-state index contributed by atoms with van der Waals surface area (Å²) in [5.41, 5.74) is 3.57. The molecule has 2 aliphatic rings. The van der Waals surface area contributed by atoms with Crippen molar-refractivity contribution in [3.05, 3.63) is 57.3 Å². The molecule has 2 amide bonds. The molecule has 1 saturated carbocycles. The molecule has 0 saturated heterocycles. The molecule has 10 nitrogen and oxygen atoms in total. The van der Waals surface area contributed by atoms with Crippen LogP contribution >= 0.6 is 23.2 Å². The number of rotatable bonds is 8. The SMILES string of the molecule is Cc1cc(Cl)cc(C(=O)NC(C)C2CC2)c1NC(=O)C1CC(C(c2ncccc2Cl)S(=O)(=O)O)=NN1. The van der Waals surface area contributed by atoms with Crippen molar-refractivity contribution in [2.24, 2.45) is 11.0 Å². The zero-order valence-electron chi connectivity index (χ0n) is 19.5. The second-order valence-corrected chi connectivity index (χ2v) is 11.3. The number of carbonyl (C=O) groups is 2. The van der Waals surface area contributed by atoms with Gasteiger partial charge in [0.25, 0.3) is 16.0 Å². The molecule has 0 spiro atoms. The number of aryl methyl sites for hydroxylation is 1. The monoisotopic (exact) mass is 553 g/mol. The van der Waals surface area contributed by atoms with E-state index in [-0.39, 0.29) is 40.4 Å². The summed E-state index contributed by atoms with van der Waals surface area (Å²) in [4.78, 5) is 30.1. The third-order valence-electron chi connectivity index (χ3n) is 6.21. The molecule has 3 unspecified atom stereocenters. The third-order valence-corrected chi connectivity index (χ3v) is 7.84. The molecule has 0 bridgehead atoms. The van der Waals surface area contributed by atoms with Crippen LogP contribution in [0.2, 0.25) is 10.0 Å². The van der Waals surface area contributed by atoms with Crippen LogP contribution in [0.1, 0.15) is 53.1 Å². The fourth-order valence-corrected chi connectivity index (χ4v) is 5.67. The maximum absolute atomic E-state index is 13.1. The number of anilines is 1. The molecule has 1 fully saturated rings. The number of halogens is 2. The normalized spacial score (nSPS) is 19.1. The van der Waals surface area contributed by atoms with Crippen molar-refractivity contribution in [1.29, 1.82) is 0 Å². The van der Waals surface area contributed by atoms with Crippen molar-refractivity contribution in [2.45, 2.75) is 50.4 Å². The van der Waals surface area contributed by atoms with E-state index in [1.54, 1.807) is 13.0 Å². The number of carbonyl (C=O) groups excluding carboxylic acids is 2. The van der Waals surface area contributed by atoms with Crippen LogP contribution in [0.3, 0.4) is 0 Å². The van der Waals surface area contributed by atoms with Crippen LogP contribution in [0, 0.1) is 12.8 Å². The van der Waals surface area contributed by atoms with Gasteiger partial charge in [0.05, 0.1) is 27.7 Å². The molecule has 36 heavy (non-hydrogen) atoms. The molecule has 2 heterocycles. The van der Waals surface area contributed by atoms with E-state index in [9.17, 15) is 22.6 Å². The smallest absolute Gasteiger partial charge is 0.279 e. The molecule has 0 radical (unpaired) electrons. The topological polar surface area (TPSA) is 150 Å². The number of nitrogens with zero attached hydrogens (tertiary/aromatic N) is 2. The first kappa shape index (κ1) is 26.3. The van der Waals surface area contributed by atoms with E-state index in [2.05, 4.69) is 26.1 Å². The maximum Gasteiger partial charge on any atom is 0.279 e. The highest BCUT2D eigenvalue weighted by molar-refractivity contribution is 7.86. The van der Waals surface area contributed by atoms with Crippen molar-refractivity contribution in [2.75, 3.05) is 5.32 Å². The molecule has 4 rings (SSSR count). The molecular formula is C23H25Cl2N5O5S. The van der Waals surface area contributed by atoms with E-state index >= 15 is 0 Å². The lowest BCUT2D eigenvalue weighted by Gasteiger charge is -2.19. The molecule has 4 N–H and O–H groups in total. The lowest BCUT2D eigenvalue weighted by atomic mass is 10.0. The van der Waals surface area contributed by atoms with Crippen LogP contribution in [0.4, 0.5) is 5.69 Å². The Balaban J connectivity index is 1.53. The zero-order chi connectivity index (χ0) is 26.2. The van der Waals surface area contributed by atoms with Gasteiger partial charge in [-0.05, 0) is 62.4 Å². The van der Waals surface area contributed by atoms with E-state index in [1.807, 2.05) is 6.92 Å². The van der Waals surface area contributed by atoms with E-state index in [0.29, 0.717) is 22.2 Å². The molecule has 2 aromatic rings. The summed E-state index contributed by atoms with van der Waals surface area (Å²) in [7, 11) is -4.69. The molecule has 1 aliphatic carbocycles. The summed E-state index contributed by atoms with van der Waals surface area (Å²) < 4.78 is 34.2. The maximum atomic E-state index is 13.1. The van der Waals surface area contributed by atoms with Crippen LogP contribution in [-0.4, -0.2) is 47.6 Å². The van der Waals surface area contributed by atoms with E-state index in [0.717, 1.165) is 12.8 Å². The van der Waals surface area contributed by atoms with E-state index < -0.39 is 27.3 Å². The lowest BCUT2D eigenvalue weighted by Crippen LogP contribution is -2.37. The minimum Gasteiger partial charge on any atom is -0.349 e. The fraction of sp³-hybridized carbons (Fsp3) is 0.391. The number of amides is 2. The standard InChI is InChI=1S/C23H25Cl2N5O5S/c1-11-8-14(24)9-15(22(31)27-12(2)13-5-6-13)19(11)28-23(32)18-10-17(29-30-18)21(36(33,34)35)20-16(25)4-3-7-26-20/h3-4,7-9,12-13,18,21,30H,5-6,10H2,1-2H3,(H,27,31)(H,28,32)(H,33,34,35). The average Bonchev–Trinajstić information content (AvgIpc) is 3.54. The average molecular weight is 554 g/mol. The van der Waals surface area contributed by atoms with Crippen LogP contribution in [0.15, 0.2) is 35.6 Å². The first-order chi connectivity index (χ1) is 17.0. The predicted octanol–water partition coefficient (Wildman–Crippen LogP) is 3.51. The first-order valence-electron chi connectivity index (χ1n) is 11.3. The van der Waals surface area contributed by atoms with Crippen LogP contribution in [0.25, 0.3) is 0 Å². The number of hydrogen-bond acceptors (Lipinski definition) is 7. The van der Waals surface area contributed by atoms with Crippen LogP contribution in [0.5, 0.6) is 0 Å². The molecule has 192 valence electrons. The summed E-state index contributed by atoms with van der Waals surface area (Å²) in [6.07, 6.45) is 3.32. The molecule has 1 aromatic carbocycles. The van der Waals surface area contributed by atoms with Gasteiger partial charge in [-0.1, -0.05) is 23.2 Å².